The maximum atomic E-state index is 11.6. The minimum absolute atomic E-state index is 0.169. The number of aromatic amines is 2. The van der Waals surface area contributed by atoms with Crippen molar-refractivity contribution in [2.75, 3.05) is 13.2 Å². The Balaban J connectivity index is 1.01. The van der Waals surface area contributed by atoms with Crippen LogP contribution in [-0.2, 0) is 13.1 Å². The van der Waals surface area contributed by atoms with E-state index in [0.717, 1.165) is 57.8 Å². The number of benzene rings is 2. The van der Waals surface area contributed by atoms with Gasteiger partial charge in [-0.25, -0.2) is 29.1 Å². The average molecular weight is 525 g/mol. The SMILES string of the molecule is O=c1[nH]c(=O)n(Cc2ccc(OCC3CCC(COc4ccc(Cn5oc(=O)[nH]c5=O)cc4)CC3)cc2)o1. The summed E-state index contributed by atoms with van der Waals surface area (Å²) in [5.74, 6) is 0.937. The Labute approximate surface area is 215 Å². The van der Waals surface area contributed by atoms with E-state index < -0.39 is 22.9 Å². The number of H-pyrrole nitrogens is 2. The van der Waals surface area contributed by atoms with E-state index in [1.165, 1.54) is 0 Å². The van der Waals surface area contributed by atoms with E-state index in [-0.39, 0.29) is 13.1 Å². The molecule has 2 aromatic heterocycles. The summed E-state index contributed by atoms with van der Waals surface area (Å²) in [6, 6.07) is 14.8. The Bertz CT molecular complexity index is 1440. The fourth-order valence-corrected chi connectivity index (χ4v) is 4.54. The van der Waals surface area contributed by atoms with Gasteiger partial charge in [0.2, 0.25) is 0 Å². The largest absolute Gasteiger partial charge is 0.493 e. The van der Waals surface area contributed by atoms with Gasteiger partial charge in [0, 0.05) is 0 Å². The minimum atomic E-state index is -0.771. The molecule has 4 aromatic rings. The van der Waals surface area contributed by atoms with E-state index in [1.807, 2.05) is 48.5 Å². The highest BCUT2D eigenvalue weighted by Crippen LogP contribution is 2.30. The molecular formula is C26H28N4O8. The van der Waals surface area contributed by atoms with Crippen molar-refractivity contribution in [3.63, 3.8) is 0 Å². The zero-order chi connectivity index (χ0) is 26.5. The van der Waals surface area contributed by atoms with E-state index in [9.17, 15) is 19.2 Å². The fraction of sp³-hybridized carbons (Fsp3) is 0.385. The molecule has 5 rings (SSSR count). The molecule has 2 heterocycles. The van der Waals surface area contributed by atoms with Gasteiger partial charge in [-0.15, -0.1) is 9.48 Å². The topological polar surface area (TPSA) is 154 Å². The van der Waals surface area contributed by atoms with E-state index in [4.69, 9.17) is 18.5 Å². The number of ether oxygens (including phenoxy) is 2. The Morgan fingerprint density at radius 1 is 0.632 bits per heavy atom. The summed E-state index contributed by atoms with van der Waals surface area (Å²) < 4.78 is 23.5. The van der Waals surface area contributed by atoms with Gasteiger partial charge in [-0.3, -0.25) is 0 Å². The molecule has 1 aliphatic carbocycles. The monoisotopic (exact) mass is 524 g/mol. The summed E-state index contributed by atoms with van der Waals surface area (Å²) in [4.78, 5) is 49.4. The second-order valence-corrected chi connectivity index (χ2v) is 9.49. The van der Waals surface area contributed by atoms with Gasteiger partial charge in [-0.05, 0) is 72.9 Å². The molecule has 0 bridgehead atoms. The molecule has 2 aromatic carbocycles. The molecule has 0 aliphatic heterocycles. The zero-order valence-electron chi connectivity index (χ0n) is 20.6. The lowest BCUT2D eigenvalue weighted by Gasteiger charge is -2.28. The molecule has 12 nitrogen and oxygen atoms in total. The first-order valence-electron chi connectivity index (χ1n) is 12.5. The summed E-state index contributed by atoms with van der Waals surface area (Å²) in [5, 5.41) is 0. The quantitative estimate of drug-likeness (QED) is 0.319. The number of hydrogen-bond donors (Lipinski definition) is 2. The van der Waals surface area contributed by atoms with Crippen molar-refractivity contribution >= 4 is 0 Å². The number of nitrogens with zero attached hydrogens (tertiary/aromatic N) is 2. The summed E-state index contributed by atoms with van der Waals surface area (Å²) in [7, 11) is 0. The highest BCUT2D eigenvalue weighted by molar-refractivity contribution is 5.28. The fourth-order valence-electron chi connectivity index (χ4n) is 4.54. The predicted molar refractivity (Wildman–Crippen MR) is 135 cm³/mol. The van der Waals surface area contributed by atoms with Gasteiger partial charge in [0.05, 0.1) is 26.3 Å². The molecule has 0 saturated heterocycles. The first-order valence-corrected chi connectivity index (χ1v) is 12.5. The average Bonchev–Trinajstić information content (AvgIpc) is 3.41. The second-order valence-electron chi connectivity index (χ2n) is 9.49. The lowest BCUT2D eigenvalue weighted by molar-refractivity contribution is 0.148. The minimum Gasteiger partial charge on any atom is -0.493 e. The summed E-state index contributed by atoms with van der Waals surface area (Å²) in [6.45, 7) is 1.63. The van der Waals surface area contributed by atoms with E-state index >= 15 is 0 Å². The Morgan fingerprint density at radius 2 is 1.00 bits per heavy atom. The Morgan fingerprint density at radius 3 is 1.32 bits per heavy atom. The molecule has 0 radical (unpaired) electrons. The summed E-state index contributed by atoms with van der Waals surface area (Å²) in [5.41, 5.74) is 0.492. The molecule has 2 N–H and O–H groups in total. The smallest absolute Gasteiger partial charge is 0.440 e. The number of hydrogen-bond acceptors (Lipinski definition) is 8. The van der Waals surface area contributed by atoms with Crippen LogP contribution in [0.1, 0.15) is 36.8 Å². The van der Waals surface area contributed by atoms with Crippen molar-refractivity contribution in [1.29, 1.82) is 0 Å². The molecule has 1 fully saturated rings. The summed E-state index contributed by atoms with van der Waals surface area (Å²) >= 11 is 0. The molecule has 1 saturated carbocycles. The molecular weight excluding hydrogens is 496 g/mol. The normalized spacial score (nSPS) is 17.4. The van der Waals surface area contributed by atoms with Crippen LogP contribution in [-0.4, -0.2) is 32.7 Å². The first-order chi connectivity index (χ1) is 18.4. The van der Waals surface area contributed by atoms with Crippen LogP contribution in [0.15, 0.2) is 76.8 Å². The lowest BCUT2D eigenvalue weighted by atomic mass is 9.83. The van der Waals surface area contributed by atoms with Gasteiger partial charge < -0.3 is 18.5 Å². The third-order valence-corrected chi connectivity index (χ3v) is 6.69. The van der Waals surface area contributed by atoms with Crippen LogP contribution < -0.4 is 32.4 Å². The third kappa shape index (κ3) is 6.44. The zero-order valence-corrected chi connectivity index (χ0v) is 20.6. The van der Waals surface area contributed by atoms with Crippen molar-refractivity contribution in [1.82, 2.24) is 19.4 Å². The van der Waals surface area contributed by atoms with Crippen molar-refractivity contribution in [2.24, 2.45) is 11.8 Å². The van der Waals surface area contributed by atoms with Gasteiger partial charge in [-0.2, -0.15) is 0 Å². The van der Waals surface area contributed by atoms with Crippen LogP contribution in [0, 0.1) is 11.8 Å². The maximum absolute atomic E-state index is 11.6. The predicted octanol–water partition coefficient (Wildman–Crippen LogP) is 1.93. The van der Waals surface area contributed by atoms with Crippen molar-refractivity contribution in [3.05, 3.63) is 102 Å². The van der Waals surface area contributed by atoms with Crippen LogP contribution >= 0.6 is 0 Å². The van der Waals surface area contributed by atoms with E-state index in [2.05, 4.69) is 9.97 Å². The van der Waals surface area contributed by atoms with Crippen LogP contribution in [0.4, 0.5) is 0 Å². The molecule has 0 spiro atoms. The van der Waals surface area contributed by atoms with Crippen LogP contribution in [0.25, 0.3) is 0 Å². The van der Waals surface area contributed by atoms with Crippen LogP contribution in [0.3, 0.4) is 0 Å². The van der Waals surface area contributed by atoms with Gasteiger partial charge in [0.15, 0.2) is 0 Å². The van der Waals surface area contributed by atoms with Crippen molar-refractivity contribution < 1.29 is 18.5 Å². The van der Waals surface area contributed by atoms with Crippen LogP contribution in [0.5, 0.6) is 11.5 Å². The first kappa shape index (κ1) is 25.2. The molecule has 0 atom stereocenters. The van der Waals surface area contributed by atoms with Crippen LogP contribution in [0.2, 0.25) is 0 Å². The van der Waals surface area contributed by atoms with Gasteiger partial charge in [0.1, 0.15) is 11.5 Å². The lowest BCUT2D eigenvalue weighted by Crippen LogP contribution is -2.23. The Hall–Kier alpha value is -4.48. The molecule has 12 heteroatoms. The third-order valence-electron chi connectivity index (χ3n) is 6.69. The van der Waals surface area contributed by atoms with Gasteiger partial charge in [0.25, 0.3) is 0 Å². The van der Waals surface area contributed by atoms with Crippen molar-refractivity contribution in [3.8, 4) is 11.5 Å². The molecule has 0 unspecified atom stereocenters. The maximum Gasteiger partial charge on any atom is 0.440 e. The van der Waals surface area contributed by atoms with Gasteiger partial charge in [-0.1, -0.05) is 24.3 Å². The van der Waals surface area contributed by atoms with E-state index in [0.29, 0.717) is 25.0 Å². The Kier molecular flexibility index (Phi) is 7.47. The van der Waals surface area contributed by atoms with Gasteiger partial charge >= 0.3 is 22.9 Å². The number of nitrogens with one attached hydrogen (secondary N) is 2. The standard InChI is InChI=1S/C26H28N4O8/c31-23-27-25(33)37-29(23)13-17-5-9-21(10-6-17)35-15-19-1-2-20(4-3-19)16-36-22-11-7-18(8-12-22)14-30-24(32)28-26(34)38-30/h5-12,19-20H,1-4,13-16H2,(H,27,31,33)(H,28,32,34). The highest BCUT2D eigenvalue weighted by Gasteiger charge is 2.22. The highest BCUT2D eigenvalue weighted by atomic mass is 16.5. The van der Waals surface area contributed by atoms with Crippen molar-refractivity contribution in [2.45, 2.75) is 38.8 Å². The second kappa shape index (κ2) is 11.3. The molecule has 0 amide bonds. The summed E-state index contributed by atoms with van der Waals surface area (Å²) in [6.07, 6.45) is 4.27. The molecule has 38 heavy (non-hydrogen) atoms. The molecule has 200 valence electrons. The molecule has 1 aliphatic rings. The van der Waals surface area contributed by atoms with E-state index in [1.54, 1.807) is 0 Å². The number of rotatable bonds is 10. The number of aromatic nitrogens is 4.